The molecule has 0 unspecified atom stereocenters. The number of nitrogens with one attached hydrogen (secondary N) is 1. The highest BCUT2D eigenvalue weighted by Crippen LogP contribution is 2.30. The number of nitrogens with zero attached hydrogens (tertiary/aromatic N) is 3. The third-order valence-corrected chi connectivity index (χ3v) is 6.54. The van der Waals surface area contributed by atoms with Crippen molar-refractivity contribution >= 4 is 49.7 Å². The molecule has 0 aliphatic rings. The molecule has 0 saturated heterocycles. The molecule has 1 aromatic heterocycles. The van der Waals surface area contributed by atoms with E-state index in [4.69, 9.17) is 11.6 Å². The Morgan fingerprint density at radius 1 is 1.13 bits per heavy atom. The van der Waals surface area contributed by atoms with Crippen LogP contribution in [0.15, 0.2) is 48.5 Å². The van der Waals surface area contributed by atoms with Crippen molar-refractivity contribution in [1.29, 1.82) is 0 Å². The molecule has 0 aliphatic carbocycles. The fourth-order valence-electron chi connectivity index (χ4n) is 2.86. The molecule has 0 radical (unpaired) electrons. The van der Waals surface area contributed by atoms with Crippen molar-refractivity contribution in [2.45, 2.75) is 19.8 Å². The number of aromatic nitrogens is 2. The summed E-state index contributed by atoms with van der Waals surface area (Å²) < 4.78 is 26.0. The third-order valence-electron chi connectivity index (χ3n) is 4.28. The van der Waals surface area contributed by atoms with Gasteiger partial charge in [-0.3, -0.25) is 14.4 Å². The van der Waals surface area contributed by atoms with E-state index in [-0.39, 0.29) is 17.6 Å². The van der Waals surface area contributed by atoms with Crippen LogP contribution in [-0.2, 0) is 14.8 Å². The topological polar surface area (TPSA) is 92.3 Å². The molecular formula is C20H21ClN4O3S2. The molecule has 1 amide bonds. The molecule has 1 heterocycles. The average molecular weight is 465 g/mol. The first-order valence-corrected chi connectivity index (χ1v) is 12.2. The van der Waals surface area contributed by atoms with Gasteiger partial charge in [0.05, 0.1) is 11.9 Å². The van der Waals surface area contributed by atoms with Gasteiger partial charge in [0.2, 0.25) is 21.1 Å². The molecule has 0 atom stereocenters. The van der Waals surface area contributed by atoms with Crippen molar-refractivity contribution in [3.05, 3.63) is 59.1 Å². The van der Waals surface area contributed by atoms with Crippen molar-refractivity contribution in [3.8, 4) is 10.6 Å². The summed E-state index contributed by atoms with van der Waals surface area (Å²) in [7, 11) is -3.68. The number of carbonyl (C=O) groups is 1. The van der Waals surface area contributed by atoms with E-state index in [0.717, 1.165) is 21.7 Å². The van der Waals surface area contributed by atoms with Gasteiger partial charge < -0.3 is 0 Å². The van der Waals surface area contributed by atoms with Crippen LogP contribution in [0.25, 0.3) is 10.6 Å². The van der Waals surface area contributed by atoms with Crippen LogP contribution in [0.5, 0.6) is 0 Å². The first kappa shape index (κ1) is 22.2. The second-order valence-corrected chi connectivity index (χ2v) is 10.3. The molecule has 0 fully saturated rings. The second-order valence-electron chi connectivity index (χ2n) is 6.95. The molecule has 3 aromatic rings. The van der Waals surface area contributed by atoms with Gasteiger partial charge >= 0.3 is 0 Å². The van der Waals surface area contributed by atoms with Gasteiger partial charge in [-0.2, -0.15) is 0 Å². The minimum Gasteiger partial charge on any atom is -0.299 e. The van der Waals surface area contributed by atoms with E-state index < -0.39 is 15.9 Å². The zero-order valence-electron chi connectivity index (χ0n) is 16.7. The standard InChI is InChI=1S/C20H21ClN4O3S2/c1-13(2)16-6-4-5-7-17(16)25(30(3,27)28)12-18(26)22-20-24-23-19(29-20)14-8-10-15(21)11-9-14/h4-11,13H,12H2,1-3H3,(H,22,24,26). The fraction of sp³-hybridized carbons (Fsp3) is 0.250. The number of benzene rings is 2. The SMILES string of the molecule is CC(C)c1ccccc1N(CC(=O)Nc1nnc(-c2ccc(Cl)cc2)s1)S(C)(=O)=O. The highest BCUT2D eigenvalue weighted by atomic mass is 35.5. The Balaban J connectivity index is 1.79. The number of sulfonamides is 1. The molecule has 7 nitrogen and oxygen atoms in total. The number of hydrogen-bond acceptors (Lipinski definition) is 6. The minimum atomic E-state index is -3.68. The normalized spacial score (nSPS) is 11.5. The van der Waals surface area contributed by atoms with E-state index >= 15 is 0 Å². The lowest BCUT2D eigenvalue weighted by molar-refractivity contribution is -0.114. The van der Waals surface area contributed by atoms with Gasteiger partial charge in [0.15, 0.2) is 0 Å². The number of anilines is 2. The van der Waals surface area contributed by atoms with Gasteiger partial charge in [0.1, 0.15) is 11.6 Å². The lowest BCUT2D eigenvalue weighted by atomic mass is 10.0. The van der Waals surface area contributed by atoms with Gasteiger partial charge in [0.25, 0.3) is 0 Å². The quantitative estimate of drug-likeness (QED) is 0.559. The lowest BCUT2D eigenvalue weighted by Crippen LogP contribution is -2.38. The Bertz CT molecular complexity index is 1140. The average Bonchev–Trinajstić information content (AvgIpc) is 3.14. The van der Waals surface area contributed by atoms with Gasteiger partial charge in [-0.25, -0.2) is 8.42 Å². The van der Waals surface area contributed by atoms with Crippen LogP contribution in [0, 0.1) is 0 Å². The predicted molar refractivity (Wildman–Crippen MR) is 122 cm³/mol. The van der Waals surface area contributed by atoms with E-state index in [9.17, 15) is 13.2 Å². The molecule has 0 aliphatic heterocycles. The molecule has 2 aromatic carbocycles. The number of amides is 1. The van der Waals surface area contributed by atoms with E-state index in [1.165, 1.54) is 11.3 Å². The Morgan fingerprint density at radius 3 is 2.43 bits per heavy atom. The monoisotopic (exact) mass is 464 g/mol. The Labute approximate surface area is 184 Å². The van der Waals surface area contributed by atoms with Crippen LogP contribution < -0.4 is 9.62 Å². The van der Waals surface area contributed by atoms with Gasteiger partial charge in [-0.05, 0) is 29.7 Å². The Morgan fingerprint density at radius 2 is 1.80 bits per heavy atom. The second kappa shape index (κ2) is 9.11. The number of para-hydroxylation sites is 1. The van der Waals surface area contributed by atoms with Crippen molar-refractivity contribution in [3.63, 3.8) is 0 Å². The molecule has 1 N–H and O–H groups in total. The van der Waals surface area contributed by atoms with E-state index in [1.54, 1.807) is 24.3 Å². The summed E-state index contributed by atoms with van der Waals surface area (Å²) in [6, 6.07) is 14.3. The zero-order chi connectivity index (χ0) is 21.9. The van der Waals surface area contributed by atoms with Gasteiger partial charge in [0, 0.05) is 10.6 Å². The largest absolute Gasteiger partial charge is 0.299 e. The molecular weight excluding hydrogens is 444 g/mol. The highest BCUT2D eigenvalue weighted by Gasteiger charge is 2.24. The van der Waals surface area contributed by atoms with E-state index in [1.807, 2.05) is 38.1 Å². The molecule has 30 heavy (non-hydrogen) atoms. The summed E-state index contributed by atoms with van der Waals surface area (Å²) >= 11 is 7.09. The number of hydrogen-bond donors (Lipinski definition) is 1. The van der Waals surface area contributed by atoms with Crippen molar-refractivity contribution in [2.75, 3.05) is 22.4 Å². The number of halogens is 1. The molecule has 10 heteroatoms. The van der Waals surface area contributed by atoms with Crippen LogP contribution in [0.2, 0.25) is 5.02 Å². The number of carbonyl (C=O) groups excluding carboxylic acids is 1. The Hall–Kier alpha value is -2.49. The summed E-state index contributed by atoms with van der Waals surface area (Å²) in [5, 5.41) is 12.2. The highest BCUT2D eigenvalue weighted by molar-refractivity contribution is 7.92. The summed E-state index contributed by atoms with van der Waals surface area (Å²) in [5.41, 5.74) is 2.15. The van der Waals surface area contributed by atoms with Crippen LogP contribution in [0.3, 0.4) is 0 Å². The maximum absolute atomic E-state index is 12.6. The predicted octanol–water partition coefficient (Wildman–Crippen LogP) is 4.39. The van der Waals surface area contributed by atoms with Crippen LogP contribution in [0.1, 0.15) is 25.3 Å². The number of rotatable bonds is 7. The van der Waals surface area contributed by atoms with Crippen LogP contribution in [-0.4, -0.2) is 37.3 Å². The maximum atomic E-state index is 12.6. The smallest absolute Gasteiger partial charge is 0.246 e. The van der Waals surface area contributed by atoms with Gasteiger partial charge in [-0.1, -0.05) is 67.1 Å². The van der Waals surface area contributed by atoms with E-state index in [2.05, 4.69) is 15.5 Å². The van der Waals surface area contributed by atoms with Crippen molar-refractivity contribution < 1.29 is 13.2 Å². The molecule has 0 bridgehead atoms. The summed E-state index contributed by atoms with van der Waals surface area (Å²) in [6.07, 6.45) is 1.08. The van der Waals surface area contributed by atoms with Crippen molar-refractivity contribution in [1.82, 2.24) is 10.2 Å². The van der Waals surface area contributed by atoms with Crippen LogP contribution in [0.4, 0.5) is 10.8 Å². The molecule has 0 spiro atoms. The first-order valence-electron chi connectivity index (χ1n) is 9.11. The fourth-order valence-corrected chi connectivity index (χ4v) is 4.62. The molecule has 3 rings (SSSR count). The zero-order valence-corrected chi connectivity index (χ0v) is 19.1. The van der Waals surface area contributed by atoms with E-state index in [0.29, 0.717) is 15.7 Å². The molecule has 158 valence electrons. The van der Waals surface area contributed by atoms with Gasteiger partial charge in [-0.15, -0.1) is 10.2 Å². The Kier molecular flexibility index (Phi) is 6.74. The summed E-state index contributed by atoms with van der Waals surface area (Å²) in [6.45, 7) is 3.58. The summed E-state index contributed by atoms with van der Waals surface area (Å²) in [4.78, 5) is 12.6. The van der Waals surface area contributed by atoms with Crippen molar-refractivity contribution in [2.24, 2.45) is 0 Å². The van der Waals surface area contributed by atoms with Crippen LogP contribution >= 0.6 is 22.9 Å². The molecule has 0 saturated carbocycles. The first-order chi connectivity index (χ1) is 14.1. The maximum Gasteiger partial charge on any atom is 0.246 e. The lowest BCUT2D eigenvalue weighted by Gasteiger charge is -2.25. The minimum absolute atomic E-state index is 0.0959. The third kappa shape index (κ3) is 5.35. The summed E-state index contributed by atoms with van der Waals surface area (Å²) in [5.74, 6) is -0.406.